The van der Waals surface area contributed by atoms with Gasteiger partial charge in [0.1, 0.15) is 5.82 Å². The maximum absolute atomic E-state index is 13.5. The van der Waals surface area contributed by atoms with Gasteiger partial charge in [0.05, 0.1) is 5.69 Å². The molecule has 5 rings (SSSR count). The summed E-state index contributed by atoms with van der Waals surface area (Å²) in [5.74, 6) is 0.675. The Morgan fingerprint density at radius 1 is 0.909 bits per heavy atom. The Labute approximate surface area is 194 Å². The molecular formula is C26H33FN4O2. The average Bonchev–Trinajstić information content (AvgIpc) is 3.24. The van der Waals surface area contributed by atoms with Crippen LogP contribution in [0.3, 0.4) is 0 Å². The van der Waals surface area contributed by atoms with Crippen molar-refractivity contribution in [2.75, 3.05) is 26.2 Å². The first-order valence-corrected chi connectivity index (χ1v) is 12.5. The maximum atomic E-state index is 13.5. The topological polar surface area (TPSA) is 58.4 Å². The first-order valence-electron chi connectivity index (χ1n) is 12.5. The van der Waals surface area contributed by atoms with Crippen molar-refractivity contribution in [2.45, 2.75) is 58.3 Å². The summed E-state index contributed by atoms with van der Waals surface area (Å²) >= 11 is 0. The van der Waals surface area contributed by atoms with Crippen LogP contribution in [0.2, 0.25) is 0 Å². The molecule has 33 heavy (non-hydrogen) atoms. The molecule has 0 bridgehead atoms. The number of hydrogen-bond donors (Lipinski definition) is 0. The van der Waals surface area contributed by atoms with Gasteiger partial charge in [-0.05, 0) is 81.5 Å². The summed E-state index contributed by atoms with van der Waals surface area (Å²) in [6.07, 6.45) is 7.45. The van der Waals surface area contributed by atoms with Crippen molar-refractivity contribution >= 4 is 11.8 Å². The number of carbonyl (C=O) groups excluding carboxylic acids is 2. The number of halogens is 1. The monoisotopic (exact) mass is 452 g/mol. The number of hydrogen-bond acceptors (Lipinski definition) is 3. The van der Waals surface area contributed by atoms with Gasteiger partial charge < -0.3 is 9.80 Å². The molecule has 3 aliphatic rings. The molecule has 1 aliphatic carbocycles. The van der Waals surface area contributed by atoms with Crippen LogP contribution in [0.1, 0.15) is 67.2 Å². The van der Waals surface area contributed by atoms with Crippen molar-refractivity contribution in [3.63, 3.8) is 0 Å². The zero-order valence-corrected chi connectivity index (χ0v) is 19.4. The van der Waals surface area contributed by atoms with Gasteiger partial charge in [0.2, 0.25) is 5.91 Å². The molecule has 0 saturated carbocycles. The quantitative estimate of drug-likeness (QED) is 0.707. The summed E-state index contributed by atoms with van der Waals surface area (Å²) in [5.41, 5.74) is 3.43. The molecule has 1 aromatic carbocycles. The average molecular weight is 453 g/mol. The van der Waals surface area contributed by atoms with E-state index in [0.29, 0.717) is 24.7 Å². The minimum Gasteiger partial charge on any atom is -0.342 e. The molecule has 0 radical (unpaired) electrons. The molecule has 2 fully saturated rings. The van der Waals surface area contributed by atoms with E-state index in [0.717, 1.165) is 81.4 Å². The molecule has 6 nitrogen and oxygen atoms in total. The molecule has 0 spiro atoms. The summed E-state index contributed by atoms with van der Waals surface area (Å²) < 4.78 is 15.3. The summed E-state index contributed by atoms with van der Waals surface area (Å²) in [4.78, 5) is 30.3. The number of fused-ring (bicyclic) bond motifs is 1. The predicted octanol–water partition coefficient (Wildman–Crippen LogP) is 4.00. The van der Waals surface area contributed by atoms with E-state index >= 15 is 0 Å². The van der Waals surface area contributed by atoms with E-state index in [1.165, 1.54) is 12.1 Å². The van der Waals surface area contributed by atoms with Gasteiger partial charge in [-0.1, -0.05) is 6.92 Å². The normalized spacial score (nSPS) is 20.1. The van der Waals surface area contributed by atoms with Gasteiger partial charge in [-0.3, -0.25) is 9.59 Å². The first kappa shape index (κ1) is 22.1. The van der Waals surface area contributed by atoms with E-state index < -0.39 is 0 Å². The van der Waals surface area contributed by atoms with Crippen LogP contribution in [0.4, 0.5) is 4.39 Å². The Morgan fingerprint density at radius 2 is 1.55 bits per heavy atom. The van der Waals surface area contributed by atoms with Gasteiger partial charge in [0.25, 0.3) is 5.91 Å². The fourth-order valence-electron chi connectivity index (χ4n) is 5.53. The highest BCUT2D eigenvalue weighted by atomic mass is 19.1. The predicted molar refractivity (Wildman–Crippen MR) is 124 cm³/mol. The van der Waals surface area contributed by atoms with Gasteiger partial charge in [-0.25, -0.2) is 9.07 Å². The number of aromatic nitrogens is 2. The highest BCUT2D eigenvalue weighted by Gasteiger charge is 2.34. The SMILES string of the molecule is CC1CCN(C(=O)C2CCN(C(=O)c3nn(-c4ccc(F)cc4)c4c3CCCC4)CC2)CC1. The van der Waals surface area contributed by atoms with E-state index in [-0.39, 0.29) is 23.5 Å². The van der Waals surface area contributed by atoms with Gasteiger partial charge in [0, 0.05) is 43.4 Å². The smallest absolute Gasteiger partial charge is 0.274 e. The summed E-state index contributed by atoms with van der Waals surface area (Å²) in [6.45, 7) is 5.18. The lowest BCUT2D eigenvalue weighted by Gasteiger charge is -2.36. The number of rotatable bonds is 3. The molecule has 2 amide bonds. The standard InChI is InChI=1S/C26H33FN4O2/c1-18-10-14-29(15-11-18)25(32)19-12-16-30(17-13-19)26(33)24-22-4-2-3-5-23(22)31(28-24)21-8-6-20(27)7-9-21/h6-9,18-19H,2-5,10-17H2,1H3. The number of piperidine rings is 2. The highest BCUT2D eigenvalue weighted by molar-refractivity contribution is 5.94. The molecule has 3 heterocycles. The molecule has 176 valence electrons. The van der Waals surface area contributed by atoms with Gasteiger partial charge in [0.15, 0.2) is 5.69 Å². The summed E-state index contributed by atoms with van der Waals surface area (Å²) in [5, 5.41) is 4.73. The highest BCUT2D eigenvalue weighted by Crippen LogP contribution is 2.30. The summed E-state index contributed by atoms with van der Waals surface area (Å²) in [6, 6.07) is 6.28. The minimum atomic E-state index is -0.285. The third-order valence-corrected chi connectivity index (χ3v) is 7.68. The fraction of sp³-hybridized carbons (Fsp3) is 0.577. The van der Waals surface area contributed by atoms with Crippen molar-refractivity contribution in [1.29, 1.82) is 0 Å². The van der Waals surface area contributed by atoms with E-state index in [1.807, 2.05) is 14.5 Å². The number of benzene rings is 1. The van der Waals surface area contributed by atoms with Crippen LogP contribution in [0, 0.1) is 17.7 Å². The third kappa shape index (κ3) is 4.42. The van der Waals surface area contributed by atoms with Crippen molar-refractivity contribution in [3.8, 4) is 5.69 Å². The largest absolute Gasteiger partial charge is 0.342 e. The second-order valence-corrected chi connectivity index (χ2v) is 9.94. The van der Waals surface area contributed by atoms with Crippen LogP contribution >= 0.6 is 0 Å². The molecule has 2 saturated heterocycles. The Bertz CT molecular complexity index is 1020. The Hall–Kier alpha value is -2.70. The molecule has 1 aromatic heterocycles. The van der Waals surface area contributed by atoms with Gasteiger partial charge >= 0.3 is 0 Å². The Morgan fingerprint density at radius 3 is 2.24 bits per heavy atom. The Kier molecular flexibility index (Phi) is 6.21. The van der Waals surface area contributed by atoms with E-state index in [1.54, 1.807) is 12.1 Å². The van der Waals surface area contributed by atoms with Gasteiger partial charge in [-0.2, -0.15) is 5.10 Å². The molecule has 2 aromatic rings. The lowest BCUT2D eigenvalue weighted by Crippen LogP contribution is -2.46. The van der Waals surface area contributed by atoms with Crippen LogP contribution < -0.4 is 0 Å². The molecule has 7 heteroatoms. The van der Waals surface area contributed by atoms with Crippen molar-refractivity contribution in [3.05, 3.63) is 47.0 Å². The molecule has 0 atom stereocenters. The number of likely N-dealkylation sites (tertiary alicyclic amines) is 2. The zero-order chi connectivity index (χ0) is 22.9. The van der Waals surface area contributed by atoms with Crippen molar-refractivity contribution in [1.82, 2.24) is 19.6 Å². The second-order valence-electron chi connectivity index (χ2n) is 9.94. The van der Waals surface area contributed by atoms with Crippen LogP contribution in [-0.2, 0) is 17.6 Å². The minimum absolute atomic E-state index is 0.0214. The van der Waals surface area contributed by atoms with E-state index in [4.69, 9.17) is 5.10 Å². The zero-order valence-electron chi connectivity index (χ0n) is 19.4. The Balaban J connectivity index is 1.29. The molecule has 0 unspecified atom stereocenters. The molecular weight excluding hydrogens is 419 g/mol. The fourth-order valence-corrected chi connectivity index (χ4v) is 5.53. The maximum Gasteiger partial charge on any atom is 0.274 e. The number of carbonyl (C=O) groups is 2. The van der Waals surface area contributed by atoms with Crippen LogP contribution in [0.5, 0.6) is 0 Å². The van der Waals surface area contributed by atoms with Crippen LogP contribution in [-0.4, -0.2) is 57.6 Å². The van der Waals surface area contributed by atoms with Gasteiger partial charge in [-0.15, -0.1) is 0 Å². The first-order chi connectivity index (χ1) is 16.0. The van der Waals surface area contributed by atoms with E-state index in [9.17, 15) is 14.0 Å². The molecule has 0 N–H and O–H groups in total. The lowest BCUT2D eigenvalue weighted by atomic mass is 9.92. The van der Waals surface area contributed by atoms with Crippen molar-refractivity contribution < 1.29 is 14.0 Å². The van der Waals surface area contributed by atoms with Crippen LogP contribution in [0.25, 0.3) is 5.69 Å². The van der Waals surface area contributed by atoms with E-state index in [2.05, 4.69) is 6.92 Å². The van der Waals surface area contributed by atoms with Crippen LogP contribution in [0.15, 0.2) is 24.3 Å². The molecule has 2 aliphatic heterocycles. The third-order valence-electron chi connectivity index (χ3n) is 7.68. The number of nitrogens with zero attached hydrogens (tertiary/aromatic N) is 4. The summed E-state index contributed by atoms with van der Waals surface area (Å²) in [7, 11) is 0. The van der Waals surface area contributed by atoms with Crippen molar-refractivity contribution in [2.24, 2.45) is 11.8 Å². The second kappa shape index (κ2) is 9.27. The number of amides is 2. The lowest BCUT2D eigenvalue weighted by molar-refractivity contribution is -0.138.